The Morgan fingerprint density at radius 2 is 1.67 bits per heavy atom. The molecule has 0 aromatic heterocycles. The molecule has 2 rings (SSSR count). The van der Waals surface area contributed by atoms with Crippen LogP contribution in [0, 0.1) is 0 Å². The van der Waals surface area contributed by atoms with Crippen LogP contribution < -0.4 is 5.32 Å². The highest BCUT2D eigenvalue weighted by Crippen LogP contribution is 2.15. The zero-order chi connectivity index (χ0) is 15.1. The molecule has 0 aliphatic carbocycles. The van der Waals surface area contributed by atoms with E-state index in [9.17, 15) is 10.2 Å². The van der Waals surface area contributed by atoms with Gasteiger partial charge in [-0.25, -0.2) is 0 Å². The highest BCUT2D eigenvalue weighted by molar-refractivity contribution is 5.26. The Morgan fingerprint density at radius 3 is 2.29 bits per heavy atom. The van der Waals surface area contributed by atoms with Gasteiger partial charge in [0.15, 0.2) is 0 Å². The van der Waals surface area contributed by atoms with Crippen LogP contribution >= 0.6 is 0 Å². The summed E-state index contributed by atoms with van der Waals surface area (Å²) in [6.07, 6.45) is 1.93. The summed E-state index contributed by atoms with van der Waals surface area (Å²) < 4.78 is 0. The third kappa shape index (κ3) is 4.88. The van der Waals surface area contributed by atoms with Gasteiger partial charge in [-0.05, 0) is 43.0 Å². The summed E-state index contributed by atoms with van der Waals surface area (Å²) in [5, 5.41) is 22.3. The van der Waals surface area contributed by atoms with Crippen molar-refractivity contribution < 1.29 is 10.2 Å². The van der Waals surface area contributed by atoms with E-state index in [1.165, 1.54) is 5.56 Å². The first-order chi connectivity index (χ1) is 10.2. The molecule has 2 aromatic rings. The molecule has 112 valence electrons. The molecule has 3 heteroatoms. The number of aliphatic hydroxyl groups excluding tert-OH is 1. The summed E-state index contributed by atoms with van der Waals surface area (Å²) in [6, 6.07) is 17.6. The predicted molar refractivity (Wildman–Crippen MR) is 85.3 cm³/mol. The maximum atomic E-state index is 9.55. The number of benzene rings is 2. The molecule has 2 atom stereocenters. The molecular formula is C18H23NO2. The largest absolute Gasteiger partial charge is 0.508 e. The summed E-state index contributed by atoms with van der Waals surface area (Å²) in [5.41, 5.74) is 2.32. The number of aryl methyl sites for hydroxylation is 1. The standard InChI is InChI=1S/C18H23NO2/c1-14(7-8-15-9-11-17(21)12-10-15)19-18(13-20)16-5-3-2-4-6-16/h2-6,9-12,14,18-21H,7-8,13H2,1H3/t14?,18-/m1/s1. The molecule has 3 N–H and O–H groups in total. The molecule has 0 fully saturated rings. The van der Waals surface area contributed by atoms with E-state index in [1.807, 2.05) is 42.5 Å². The Hall–Kier alpha value is -1.84. The van der Waals surface area contributed by atoms with E-state index in [-0.39, 0.29) is 12.6 Å². The van der Waals surface area contributed by atoms with E-state index in [1.54, 1.807) is 12.1 Å². The average molecular weight is 285 g/mol. The third-order valence-electron chi connectivity index (χ3n) is 3.67. The van der Waals surface area contributed by atoms with Crippen molar-refractivity contribution >= 4 is 0 Å². The van der Waals surface area contributed by atoms with Gasteiger partial charge in [-0.15, -0.1) is 0 Å². The molecule has 21 heavy (non-hydrogen) atoms. The Morgan fingerprint density at radius 1 is 1.00 bits per heavy atom. The summed E-state index contributed by atoms with van der Waals surface area (Å²) in [6.45, 7) is 2.22. The molecule has 3 nitrogen and oxygen atoms in total. The summed E-state index contributed by atoms with van der Waals surface area (Å²) in [4.78, 5) is 0. The lowest BCUT2D eigenvalue weighted by atomic mass is 10.0. The van der Waals surface area contributed by atoms with Gasteiger partial charge in [0.05, 0.1) is 12.6 Å². The molecule has 0 bridgehead atoms. The molecule has 0 spiro atoms. The fourth-order valence-corrected chi connectivity index (χ4v) is 2.41. The minimum absolute atomic E-state index is 0.0268. The number of hydrogen-bond acceptors (Lipinski definition) is 3. The van der Waals surface area contributed by atoms with E-state index < -0.39 is 0 Å². The van der Waals surface area contributed by atoms with Gasteiger partial charge in [0.2, 0.25) is 0 Å². The first-order valence-corrected chi connectivity index (χ1v) is 7.39. The molecular weight excluding hydrogens is 262 g/mol. The number of phenolic OH excluding ortho intramolecular Hbond substituents is 1. The third-order valence-corrected chi connectivity index (χ3v) is 3.67. The van der Waals surface area contributed by atoms with E-state index in [0.717, 1.165) is 18.4 Å². The van der Waals surface area contributed by atoms with Crippen molar-refractivity contribution in [2.75, 3.05) is 6.61 Å². The van der Waals surface area contributed by atoms with Crippen LogP contribution in [-0.4, -0.2) is 22.9 Å². The highest BCUT2D eigenvalue weighted by Gasteiger charge is 2.13. The smallest absolute Gasteiger partial charge is 0.115 e. The normalized spacial score (nSPS) is 13.8. The topological polar surface area (TPSA) is 52.5 Å². The number of aliphatic hydroxyl groups is 1. The monoisotopic (exact) mass is 285 g/mol. The quantitative estimate of drug-likeness (QED) is 0.733. The number of rotatable bonds is 7. The van der Waals surface area contributed by atoms with E-state index >= 15 is 0 Å². The van der Waals surface area contributed by atoms with Gasteiger partial charge in [0, 0.05) is 6.04 Å². The van der Waals surface area contributed by atoms with Crippen molar-refractivity contribution in [3.8, 4) is 5.75 Å². The van der Waals surface area contributed by atoms with Gasteiger partial charge < -0.3 is 15.5 Å². The lowest BCUT2D eigenvalue weighted by molar-refractivity contribution is 0.233. The van der Waals surface area contributed by atoms with Crippen LogP contribution in [0.4, 0.5) is 0 Å². The maximum Gasteiger partial charge on any atom is 0.115 e. The van der Waals surface area contributed by atoms with Gasteiger partial charge in [-0.1, -0.05) is 42.5 Å². The molecule has 1 unspecified atom stereocenters. The predicted octanol–water partition coefficient (Wildman–Crippen LogP) is 3.04. The molecule has 0 saturated carbocycles. The van der Waals surface area contributed by atoms with Crippen molar-refractivity contribution in [3.63, 3.8) is 0 Å². The van der Waals surface area contributed by atoms with Crippen molar-refractivity contribution in [1.29, 1.82) is 0 Å². The lowest BCUT2D eigenvalue weighted by Gasteiger charge is -2.22. The number of phenols is 1. The first kappa shape index (κ1) is 15.5. The van der Waals surface area contributed by atoms with Gasteiger partial charge in [-0.2, -0.15) is 0 Å². The van der Waals surface area contributed by atoms with Gasteiger partial charge >= 0.3 is 0 Å². The van der Waals surface area contributed by atoms with Crippen LogP contribution in [0.15, 0.2) is 54.6 Å². The van der Waals surface area contributed by atoms with Gasteiger partial charge in [0.25, 0.3) is 0 Å². The summed E-state index contributed by atoms with van der Waals surface area (Å²) in [5.74, 6) is 0.300. The second-order valence-electron chi connectivity index (χ2n) is 5.42. The molecule has 0 heterocycles. The second kappa shape index (κ2) is 7.81. The van der Waals surface area contributed by atoms with Crippen LogP contribution in [-0.2, 0) is 6.42 Å². The zero-order valence-corrected chi connectivity index (χ0v) is 12.4. The fraction of sp³-hybridized carbons (Fsp3) is 0.333. The lowest BCUT2D eigenvalue weighted by Crippen LogP contribution is -2.33. The summed E-state index contributed by atoms with van der Waals surface area (Å²) in [7, 11) is 0. The Labute approximate surface area is 126 Å². The van der Waals surface area contributed by atoms with E-state index in [4.69, 9.17) is 0 Å². The molecule has 0 aliphatic rings. The molecule has 0 amide bonds. The van der Waals surface area contributed by atoms with Crippen LogP contribution in [0.5, 0.6) is 5.75 Å². The highest BCUT2D eigenvalue weighted by atomic mass is 16.3. The van der Waals surface area contributed by atoms with Gasteiger partial charge in [-0.3, -0.25) is 0 Å². The van der Waals surface area contributed by atoms with Crippen molar-refractivity contribution in [3.05, 3.63) is 65.7 Å². The van der Waals surface area contributed by atoms with Gasteiger partial charge in [0.1, 0.15) is 5.75 Å². The number of nitrogens with one attached hydrogen (secondary N) is 1. The van der Waals surface area contributed by atoms with E-state index in [2.05, 4.69) is 12.2 Å². The minimum Gasteiger partial charge on any atom is -0.508 e. The molecule has 2 aromatic carbocycles. The molecule has 0 radical (unpaired) electrons. The van der Waals surface area contributed by atoms with Crippen molar-refractivity contribution in [2.24, 2.45) is 0 Å². The Bertz CT molecular complexity index is 525. The van der Waals surface area contributed by atoms with Crippen LogP contribution in [0.1, 0.15) is 30.5 Å². The Balaban J connectivity index is 1.85. The Kier molecular flexibility index (Phi) is 5.78. The zero-order valence-electron chi connectivity index (χ0n) is 12.4. The second-order valence-corrected chi connectivity index (χ2v) is 5.42. The maximum absolute atomic E-state index is 9.55. The SMILES string of the molecule is CC(CCc1ccc(O)cc1)N[C@H](CO)c1ccccc1. The van der Waals surface area contributed by atoms with E-state index in [0.29, 0.717) is 11.8 Å². The van der Waals surface area contributed by atoms with Crippen LogP contribution in [0.25, 0.3) is 0 Å². The fourth-order valence-electron chi connectivity index (χ4n) is 2.41. The number of aromatic hydroxyl groups is 1. The summed E-state index contributed by atoms with van der Waals surface area (Å²) >= 11 is 0. The molecule has 0 saturated heterocycles. The average Bonchev–Trinajstić information content (AvgIpc) is 2.53. The first-order valence-electron chi connectivity index (χ1n) is 7.39. The molecule has 0 aliphatic heterocycles. The van der Waals surface area contributed by atoms with Crippen LogP contribution in [0.3, 0.4) is 0 Å². The van der Waals surface area contributed by atoms with Crippen molar-refractivity contribution in [2.45, 2.75) is 31.8 Å². The van der Waals surface area contributed by atoms with Crippen LogP contribution in [0.2, 0.25) is 0 Å². The minimum atomic E-state index is -0.0268. The number of hydrogen-bond donors (Lipinski definition) is 3. The van der Waals surface area contributed by atoms with Crippen molar-refractivity contribution in [1.82, 2.24) is 5.32 Å².